The number of carboxylic acid groups (broad SMARTS) is 1. The fourth-order valence-corrected chi connectivity index (χ4v) is 21.4. The molecule has 3 saturated heterocycles. The van der Waals surface area contributed by atoms with E-state index >= 15 is 13.2 Å². The Labute approximate surface area is 818 Å². The highest BCUT2D eigenvalue weighted by atomic mass is 35.5. The van der Waals surface area contributed by atoms with E-state index in [1.165, 1.54) is 20.6 Å². The van der Waals surface area contributed by atoms with Crippen LogP contribution in [0.4, 0.5) is 13.2 Å². The van der Waals surface area contributed by atoms with Crippen molar-refractivity contribution in [1.82, 2.24) is 64.0 Å². The molecule has 3 aliphatic rings. The van der Waals surface area contributed by atoms with E-state index in [1.807, 2.05) is 71.6 Å². The minimum Gasteiger partial charge on any atom is -0.480 e. The number of aliphatic carboxylic acids is 1. The van der Waals surface area contributed by atoms with Crippen molar-refractivity contribution < 1.29 is 36.3 Å². The lowest BCUT2D eigenvalue weighted by Gasteiger charge is -2.42. The molecule has 0 unspecified atom stereocenters. The van der Waals surface area contributed by atoms with E-state index in [9.17, 15) is 37.5 Å². The lowest BCUT2D eigenvalue weighted by atomic mass is 9.89. The monoisotopic (exact) mass is 1960 g/mol. The maximum atomic E-state index is 15.2. The average Bonchev–Trinajstić information content (AvgIpc) is 1.52. The molecule has 27 nitrogen and oxygen atoms in total. The van der Waals surface area contributed by atoms with Gasteiger partial charge in [0.15, 0.2) is 27.3 Å². The van der Waals surface area contributed by atoms with Gasteiger partial charge in [0.25, 0.3) is 0 Å². The number of aliphatic imine (C=N–C) groups is 3. The number of likely N-dealkylation sites (tertiary alicyclic amines) is 2. The number of nitrogens with zero attached hydrogens (tertiary/aromatic N) is 11. The zero-order chi connectivity index (χ0) is 98.9. The van der Waals surface area contributed by atoms with Crippen LogP contribution in [0.5, 0.6) is 0 Å². The zero-order valence-corrected chi connectivity index (χ0v) is 83.2. The minimum atomic E-state index is -3.26. The lowest BCUT2D eigenvalue weighted by Crippen LogP contribution is -2.47. The Morgan fingerprint density at radius 2 is 0.841 bits per heavy atom. The van der Waals surface area contributed by atoms with Gasteiger partial charge in [-0.25, -0.2) is 36.0 Å². The number of hydrogen-bond acceptors (Lipinski definition) is 16. The highest BCUT2D eigenvalue weighted by molar-refractivity contribution is 7.91. The number of aromatic amines is 3. The number of sulfone groups is 1. The third kappa shape index (κ3) is 27.5. The van der Waals surface area contributed by atoms with E-state index in [0.717, 1.165) is 149 Å². The van der Waals surface area contributed by atoms with Gasteiger partial charge in [-0.15, -0.1) is 0 Å². The molecule has 6 aromatic carbocycles. The molecule has 15 rings (SSSR count). The minimum absolute atomic E-state index is 0.0128. The van der Waals surface area contributed by atoms with Gasteiger partial charge in [0.2, 0.25) is 5.91 Å². The van der Waals surface area contributed by atoms with Crippen molar-refractivity contribution in [2.24, 2.45) is 49.9 Å². The third-order valence-electron chi connectivity index (χ3n) is 25.7. The number of amidine groups is 3. The first kappa shape index (κ1) is 104. The van der Waals surface area contributed by atoms with E-state index in [1.54, 1.807) is 87.9 Å². The second-order valence-corrected chi connectivity index (χ2v) is 41.4. The molecular weight excluding hydrogens is 1840 g/mol. The number of H-pyrrole nitrogens is 3. The summed E-state index contributed by atoms with van der Waals surface area (Å²) in [7, 11) is -3.26. The van der Waals surface area contributed by atoms with Crippen LogP contribution in [0.2, 0.25) is 15.1 Å². The quantitative estimate of drug-likeness (QED) is 0.0132. The normalized spacial score (nSPS) is 17.9. The molecule has 3 fully saturated rings. The molecule has 12 aromatic rings. The number of aromatic nitrogens is 9. The molecule has 0 aliphatic carbocycles. The Hall–Kier alpha value is -11.6. The van der Waals surface area contributed by atoms with E-state index in [4.69, 9.17) is 52.0 Å². The number of piperidine rings is 2. The van der Waals surface area contributed by atoms with Crippen molar-refractivity contribution in [2.75, 3.05) is 50.8 Å². The number of aryl methyl sites for hydroxylation is 3. The summed E-state index contributed by atoms with van der Waals surface area (Å²) in [4.78, 5) is 102. The highest BCUT2D eigenvalue weighted by Crippen LogP contribution is 2.41. The van der Waals surface area contributed by atoms with Crippen LogP contribution in [-0.2, 0) is 38.7 Å². The van der Waals surface area contributed by atoms with Gasteiger partial charge in [-0.3, -0.25) is 48.1 Å². The number of nitrogens with one attached hydrogen (secondary N) is 5. The van der Waals surface area contributed by atoms with Gasteiger partial charge in [-0.2, -0.15) is 15.0 Å². The molecule has 6 aromatic heterocycles. The van der Waals surface area contributed by atoms with Crippen molar-refractivity contribution in [2.45, 2.75) is 221 Å². The smallest absolute Gasteiger partial charge is 0.354 e. The summed E-state index contributed by atoms with van der Waals surface area (Å²) in [5.41, 5.74) is 27.0. The predicted octanol–water partition coefficient (Wildman–Crippen LogP) is 19.2. The number of nitrogens with two attached hydrogens (primary N) is 3. The summed E-state index contributed by atoms with van der Waals surface area (Å²) >= 11 is 18.9. The Balaban J connectivity index is 0.000000175. The first-order chi connectivity index (χ1) is 65.9. The topological polar surface area (TPSA) is 386 Å². The number of amides is 1. The fourth-order valence-electron chi connectivity index (χ4n) is 18.9. The van der Waals surface area contributed by atoms with Crippen LogP contribution in [0.15, 0.2) is 175 Å². The van der Waals surface area contributed by atoms with Crippen LogP contribution < -0.4 is 44.9 Å². The zero-order valence-electron chi connectivity index (χ0n) is 80.1. The summed E-state index contributed by atoms with van der Waals surface area (Å²) < 4.78 is 75.2. The lowest BCUT2D eigenvalue weighted by molar-refractivity contribution is -0.140. The second-order valence-electron chi connectivity index (χ2n) is 38.0. The molecule has 1 amide bonds. The molecule has 0 radical (unpaired) electrons. The fraction of sp³-hybridized carbons (Fsp3) is 0.433. The summed E-state index contributed by atoms with van der Waals surface area (Å²) in [6.45, 7) is 22.8. The Morgan fingerprint density at radius 1 is 0.493 bits per heavy atom. The molecule has 0 saturated carbocycles. The van der Waals surface area contributed by atoms with Crippen molar-refractivity contribution in [3.05, 3.63) is 243 Å². The number of rotatable bonds is 35. The van der Waals surface area contributed by atoms with Gasteiger partial charge in [-0.05, 0) is 259 Å². The van der Waals surface area contributed by atoms with Gasteiger partial charge in [0.1, 0.15) is 16.9 Å². The van der Waals surface area contributed by atoms with E-state index in [-0.39, 0.29) is 69.2 Å². The molecule has 734 valence electrons. The van der Waals surface area contributed by atoms with Crippen molar-refractivity contribution >= 4 is 107 Å². The first-order valence-electron chi connectivity index (χ1n) is 47.7. The standard InChI is InChI=1S/C37H47ClFN7O2.C35H42ClFN6O3.C32H38ClFN6O3S/c1-23(2)7-5-8-26-19-31(35(39)32(38)20-26)33-21-28-22-46(37(48)44-36(28)43-33)30-13-11-27(12-14-30)34-10-6-9-29(15-16-41-24(3)40)45(34)18-17-42-25(4)47;1-21(2)6-4-7-23-16-28(33(37)29(36)17-23)30-18-25-19-43(35(46)41-34(25)40-30)27-12-10-24(11-13-27)31-9-5-8-26(14-15-39-22(3)38)42(31)20-32(44)45;1-19(2)5-4-6-21-13-26(30(34)27(33)14-21)28-15-23-16-40(32(41)39-31(23)38-28)25-9-7-22(8-10-25)29-18-44(42,43)17-24(37-29)11-12-36-20(3)35/h11-14,19-23,29,34H,5-10,15-18H2,1-4H3,(H2,40,41)(H,42,47)(H,43,44,48);10-13,16-19,21,26,31H,4-9,14-15,20H2,1-3H3,(H2,38,39)(H,44,45)(H,40,41,46);7-10,13-16,19,24,29,37H,4-6,11-12,17-18H2,1-3H3,(H2,35,36)(H,38,39,41)/t29-,34-;26-,31-;24-,29+/m001/s1. The summed E-state index contributed by atoms with van der Waals surface area (Å²) in [5.74, 6) is 0.909. The van der Waals surface area contributed by atoms with Gasteiger partial charge >= 0.3 is 23.0 Å². The number of carbonyl (C=O) groups is 2. The van der Waals surface area contributed by atoms with Crippen LogP contribution in [0.25, 0.3) is 83.9 Å². The van der Waals surface area contributed by atoms with Crippen LogP contribution in [-0.4, -0.2) is 165 Å². The van der Waals surface area contributed by atoms with E-state index < -0.39 is 50.3 Å². The summed E-state index contributed by atoms with van der Waals surface area (Å²) in [6, 6.07) is 38.5. The number of carboxylic acids is 1. The van der Waals surface area contributed by atoms with Gasteiger partial charge in [0, 0.05) is 127 Å². The van der Waals surface area contributed by atoms with Gasteiger partial charge < -0.3 is 47.9 Å². The number of halogens is 6. The van der Waals surface area contributed by atoms with Crippen LogP contribution in [0.1, 0.15) is 217 Å². The molecule has 3 aliphatic heterocycles. The molecule has 0 spiro atoms. The van der Waals surface area contributed by atoms with Crippen LogP contribution in [0, 0.1) is 35.2 Å². The van der Waals surface area contributed by atoms with E-state index in [0.29, 0.717) is 158 Å². The highest BCUT2D eigenvalue weighted by Gasteiger charge is 2.36. The molecule has 12 N–H and O–H groups in total. The Bertz CT molecular complexity index is 6700. The van der Waals surface area contributed by atoms with Gasteiger partial charge in [-0.1, -0.05) is 132 Å². The predicted molar refractivity (Wildman–Crippen MR) is 549 cm³/mol. The van der Waals surface area contributed by atoms with Crippen molar-refractivity contribution in [3.63, 3.8) is 0 Å². The third-order valence-corrected chi connectivity index (χ3v) is 28.3. The number of benzene rings is 6. The van der Waals surface area contributed by atoms with E-state index in [2.05, 4.69) is 114 Å². The SMILES string of the molecule is CC(=O)NCCN1[C@H](CCN=C(C)N)CCC[C@H]1c1ccc(-n2cc3cc(-c4cc(CCCC(C)C)cc(Cl)c4F)[nH]c3nc2=O)cc1.CC(N)=NCC[C@@H]1CCC[C@@H](c2ccc(-n3cc4cc(-c5cc(CCCC(C)C)cc(Cl)c5F)[nH]c4nc3=O)cc2)N1CC(=O)O.CC(N)=NCC[C@@H]1CS(=O)(=O)C[C@@H](c2ccc(-n3cc4cc(-c5cc(CCCC(C)C)cc(Cl)c5F)[nH]c4nc3=O)cc2)N1. The molecule has 34 heteroatoms. The number of hydrogen-bond donors (Lipinski definition) is 9. The largest absolute Gasteiger partial charge is 0.480 e. The average molecular weight is 1970 g/mol. The Kier molecular flexibility index (Phi) is 35.6. The maximum Gasteiger partial charge on any atom is 0.354 e. The molecule has 138 heavy (non-hydrogen) atoms. The molecular formula is C104H127Cl3F3N19O8S. The summed E-state index contributed by atoms with van der Waals surface area (Å²) in [6.07, 6.45) is 21.7. The summed E-state index contributed by atoms with van der Waals surface area (Å²) in [5, 5.41) is 18.2. The molecule has 6 atom stereocenters. The number of fused-ring (bicyclic) bond motifs is 3. The second kappa shape index (κ2) is 47.4. The van der Waals surface area contributed by atoms with Crippen LogP contribution in [0.3, 0.4) is 0 Å². The first-order valence-corrected chi connectivity index (χ1v) is 50.7. The van der Waals surface area contributed by atoms with Crippen LogP contribution >= 0.6 is 34.8 Å². The van der Waals surface area contributed by atoms with Crippen molar-refractivity contribution in [3.8, 4) is 50.8 Å². The maximum absolute atomic E-state index is 15.2. The van der Waals surface area contributed by atoms with Crippen molar-refractivity contribution in [1.29, 1.82) is 0 Å². The molecule has 9 heterocycles. The van der Waals surface area contributed by atoms with Gasteiger partial charge in [0.05, 0.1) is 84.8 Å². The number of carbonyl (C=O) groups excluding carboxylic acids is 1. The Morgan fingerprint density at radius 3 is 1.19 bits per heavy atom. The molecule has 0 bridgehead atoms.